The molecule has 0 aromatic heterocycles. The Kier molecular flexibility index (Phi) is 6.48. The maximum atomic E-state index is 12.1. The van der Waals surface area contributed by atoms with Crippen LogP contribution in [0.2, 0.25) is 0 Å². The highest BCUT2D eigenvalue weighted by molar-refractivity contribution is 5.78. The molecule has 0 aliphatic carbocycles. The van der Waals surface area contributed by atoms with Crippen LogP contribution in [0.1, 0.15) is 0 Å². The molecule has 0 unspecified atom stereocenters. The Morgan fingerprint density at radius 2 is 1.86 bits per heavy atom. The highest BCUT2D eigenvalue weighted by Gasteiger charge is 2.17. The number of morpholine rings is 1. The fraction of sp³-hybridized carbons (Fsp3) is 0.562. The number of nitrogens with zero attached hydrogens (tertiary/aromatic N) is 2. The van der Waals surface area contributed by atoms with E-state index >= 15 is 0 Å². The molecule has 1 heterocycles. The average Bonchev–Trinajstić information content (AvgIpc) is 2.56. The van der Waals surface area contributed by atoms with Crippen LogP contribution in [-0.4, -0.2) is 75.9 Å². The lowest BCUT2D eigenvalue weighted by molar-refractivity contribution is -0.136. The van der Waals surface area contributed by atoms with E-state index in [0.29, 0.717) is 46.0 Å². The van der Waals surface area contributed by atoms with E-state index in [4.69, 9.17) is 14.2 Å². The lowest BCUT2D eigenvalue weighted by atomic mass is 10.3. The Morgan fingerprint density at radius 1 is 1.23 bits per heavy atom. The average molecular weight is 308 g/mol. The normalized spacial score (nSPS) is 15.0. The van der Waals surface area contributed by atoms with E-state index in [1.54, 1.807) is 7.11 Å². The number of hydrogen-bond acceptors (Lipinski definition) is 5. The Balaban J connectivity index is 1.66. The van der Waals surface area contributed by atoms with Crippen molar-refractivity contribution in [2.45, 2.75) is 0 Å². The molecular weight excluding hydrogens is 284 g/mol. The van der Waals surface area contributed by atoms with Gasteiger partial charge < -0.3 is 19.1 Å². The first-order valence-electron chi connectivity index (χ1n) is 7.50. The molecule has 0 saturated carbocycles. The van der Waals surface area contributed by atoms with Gasteiger partial charge in [-0.2, -0.15) is 0 Å². The summed E-state index contributed by atoms with van der Waals surface area (Å²) in [5.74, 6) is 1.75. The molecule has 0 N–H and O–H groups in total. The second-order valence-electron chi connectivity index (χ2n) is 5.25. The third-order valence-corrected chi connectivity index (χ3v) is 3.57. The van der Waals surface area contributed by atoms with Crippen molar-refractivity contribution in [3.8, 4) is 11.5 Å². The second-order valence-corrected chi connectivity index (χ2v) is 5.25. The molecule has 1 aromatic rings. The molecule has 1 aliphatic heterocycles. The fourth-order valence-electron chi connectivity index (χ4n) is 2.21. The Hall–Kier alpha value is -1.79. The molecule has 1 aromatic carbocycles. The molecule has 6 heteroatoms. The molecule has 22 heavy (non-hydrogen) atoms. The molecule has 1 fully saturated rings. The number of ether oxygens (including phenoxy) is 3. The van der Waals surface area contributed by atoms with Gasteiger partial charge in [-0.3, -0.25) is 9.69 Å². The predicted molar refractivity (Wildman–Crippen MR) is 83.4 cm³/mol. The minimum atomic E-state index is 0.148. The monoisotopic (exact) mass is 308 g/mol. The Bertz CT molecular complexity index is 458. The van der Waals surface area contributed by atoms with Crippen molar-refractivity contribution in [2.75, 3.05) is 60.2 Å². The minimum Gasteiger partial charge on any atom is -0.497 e. The van der Waals surface area contributed by atoms with Gasteiger partial charge in [-0.25, -0.2) is 0 Å². The van der Waals surface area contributed by atoms with Crippen LogP contribution in [-0.2, 0) is 9.53 Å². The summed E-state index contributed by atoms with van der Waals surface area (Å²) < 4.78 is 16.0. The van der Waals surface area contributed by atoms with Gasteiger partial charge in [0.2, 0.25) is 5.91 Å². The first kappa shape index (κ1) is 16.6. The SMILES string of the molecule is COc1ccc(OCCN(C)CC(=O)N2CCOCC2)cc1. The highest BCUT2D eigenvalue weighted by Crippen LogP contribution is 2.16. The van der Waals surface area contributed by atoms with Crippen LogP contribution in [0.3, 0.4) is 0 Å². The van der Waals surface area contributed by atoms with Crippen LogP contribution in [0.15, 0.2) is 24.3 Å². The summed E-state index contributed by atoms with van der Waals surface area (Å²) in [4.78, 5) is 15.9. The zero-order chi connectivity index (χ0) is 15.8. The van der Waals surface area contributed by atoms with E-state index < -0.39 is 0 Å². The standard InChI is InChI=1S/C16H24N2O4/c1-17(13-16(19)18-8-10-21-11-9-18)7-12-22-15-5-3-14(20-2)4-6-15/h3-6H,7-13H2,1-2H3. The smallest absolute Gasteiger partial charge is 0.236 e. The first-order chi connectivity index (χ1) is 10.7. The topological polar surface area (TPSA) is 51.2 Å². The largest absolute Gasteiger partial charge is 0.497 e. The van der Waals surface area contributed by atoms with Gasteiger partial charge >= 0.3 is 0 Å². The quantitative estimate of drug-likeness (QED) is 0.748. The van der Waals surface area contributed by atoms with Crippen molar-refractivity contribution in [3.63, 3.8) is 0 Å². The van der Waals surface area contributed by atoms with Gasteiger partial charge in [0.15, 0.2) is 0 Å². The molecule has 1 aliphatic rings. The van der Waals surface area contributed by atoms with Crippen molar-refractivity contribution in [1.29, 1.82) is 0 Å². The maximum absolute atomic E-state index is 12.1. The lowest BCUT2D eigenvalue weighted by Crippen LogP contribution is -2.45. The van der Waals surface area contributed by atoms with E-state index in [2.05, 4.69) is 0 Å². The molecule has 122 valence electrons. The summed E-state index contributed by atoms with van der Waals surface area (Å²) in [6.45, 7) is 4.30. The summed E-state index contributed by atoms with van der Waals surface area (Å²) in [6, 6.07) is 7.47. The first-order valence-corrected chi connectivity index (χ1v) is 7.50. The van der Waals surface area contributed by atoms with Crippen molar-refractivity contribution in [3.05, 3.63) is 24.3 Å². The number of carbonyl (C=O) groups excluding carboxylic acids is 1. The summed E-state index contributed by atoms with van der Waals surface area (Å²) in [6.07, 6.45) is 0. The third kappa shape index (κ3) is 5.20. The van der Waals surface area contributed by atoms with E-state index in [1.165, 1.54) is 0 Å². The predicted octanol–water partition coefficient (Wildman–Crippen LogP) is 0.865. The summed E-state index contributed by atoms with van der Waals surface area (Å²) in [5.41, 5.74) is 0. The molecular formula is C16H24N2O4. The van der Waals surface area contributed by atoms with E-state index in [0.717, 1.165) is 11.5 Å². The molecule has 0 spiro atoms. The van der Waals surface area contributed by atoms with Crippen molar-refractivity contribution in [1.82, 2.24) is 9.80 Å². The number of likely N-dealkylation sites (N-methyl/N-ethyl adjacent to an activating group) is 1. The van der Waals surface area contributed by atoms with Crippen molar-refractivity contribution < 1.29 is 19.0 Å². The number of rotatable bonds is 7. The van der Waals surface area contributed by atoms with Gasteiger partial charge in [0.1, 0.15) is 18.1 Å². The van der Waals surface area contributed by atoms with Gasteiger partial charge in [0, 0.05) is 19.6 Å². The van der Waals surface area contributed by atoms with Crippen LogP contribution in [0, 0.1) is 0 Å². The number of hydrogen-bond donors (Lipinski definition) is 0. The van der Waals surface area contributed by atoms with Gasteiger partial charge in [-0.1, -0.05) is 0 Å². The van der Waals surface area contributed by atoms with E-state index in [9.17, 15) is 4.79 Å². The van der Waals surface area contributed by atoms with Gasteiger partial charge in [-0.15, -0.1) is 0 Å². The zero-order valence-corrected chi connectivity index (χ0v) is 13.3. The summed E-state index contributed by atoms with van der Waals surface area (Å²) in [7, 11) is 3.56. The maximum Gasteiger partial charge on any atom is 0.236 e. The van der Waals surface area contributed by atoms with Gasteiger partial charge in [0.05, 0.1) is 26.9 Å². The Morgan fingerprint density at radius 3 is 2.50 bits per heavy atom. The van der Waals surface area contributed by atoms with E-state index in [-0.39, 0.29) is 5.91 Å². The van der Waals surface area contributed by atoms with Gasteiger partial charge in [0.25, 0.3) is 0 Å². The third-order valence-electron chi connectivity index (χ3n) is 3.57. The highest BCUT2D eigenvalue weighted by atomic mass is 16.5. The molecule has 0 bridgehead atoms. The minimum absolute atomic E-state index is 0.148. The molecule has 1 amide bonds. The lowest BCUT2D eigenvalue weighted by Gasteiger charge is -2.28. The summed E-state index contributed by atoms with van der Waals surface area (Å²) in [5, 5.41) is 0. The van der Waals surface area contributed by atoms with E-state index in [1.807, 2.05) is 41.1 Å². The van der Waals surface area contributed by atoms with Crippen LogP contribution in [0.25, 0.3) is 0 Å². The Labute approximate surface area is 131 Å². The van der Waals surface area contributed by atoms with Gasteiger partial charge in [-0.05, 0) is 31.3 Å². The van der Waals surface area contributed by atoms with Crippen LogP contribution < -0.4 is 9.47 Å². The molecule has 0 atom stereocenters. The number of amides is 1. The molecule has 1 saturated heterocycles. The molecule has 0 radical (unpaired) electrons. The van der Waals surface area contributed by atoms with Crippen LogP contribution in [0.5, 0.6) is 11.5 Å². The van der Waals surface area contributed by atoms with Crippen molar-refractivity contribution >= 4 is 5.91 Å². The molecule has 6 nitrogen and oxygen atoms in total. The number of methoxy groups -OCH3 is 1. The van der Waals surface area contributed by atoms with Crippen LogP contribution >= 0.6 is 0 Å². The number of benzene rings is 1. The van der Waals surface area contributed by atoms with Crippen LogP contribution in [0.4, 0.5) is 0 Å². The molecule has 2 rings (SSSR count). The summed E-state index contributed by atoms with van der Waals surface area (Å²) >= 11 is 0. The fourth-order valence-corrected chi connectivity index (χ4v) is 2.21. The van der Waals surface area contributed by atoms with Crippen molar-refractivity contribution in [2.24, 2.45) is 0 Å². The zero-order valence-electron chi connectivity index (χ0n) is 13.3. The second kappa shape index (κ2) is 8.60. The number of carbonyl (C=O) groups is 1.